The highest BCUT2D eigenvalue weighted by Gasteiger charge is 2.16. The number of rotatable bonds is 7. The third-order valence-corrected chi connectivity index (χ3v) is 4.81. The first-order chi connectivity index (χ1) is 15.0. The zero-order valence-electron chi connectivity index (χ0n) is 16.0. The number of hydrogen-bond donors (Lipinski definition) is 1. The Morgan fingerprint density at radius 1 is 1.13 bits per heavy atom. The molecule has 2 aromatic heterocycles. The number of nitrogens with zero attached hydrogens (tertiary/aromatic N) is 2. The van der Waals surface area contributed by atoms with E-state index in [-0.39, 0.29) is 35.6 Å². The van der Waals surface area contributed by atoms with Crippen LogP contribution in [0.4, 0.5) is 10.2 Å². The van der Waals surface area contributed by atoms with Crippen LogP contribution in [-0.4, -0.2) is 15.7 Å². The number of ether oxygens (including phenoxy) is 1. The monoisotopic (exact) mass is 459 g/mol. The fraction of sp³-hybridized carbons (Fsp3) is 0.0909. The molecule has 0 radical (unpaired) electrons. The third-order valence-electron chi connectivity index (χ3n) is 4.30. The molecule has 0 atom stereocenters. The van der Waals surface area contributed by atoms with Gasteiger partial charge < -0.3 is 14.5 Å². The van der Waals surface area contributed by atoms with Gasteiger partial charge in [-0.1, -0.05) is 47.5 Å². The van der Waals surface area contributed by atoms with Crippen molar-refractivity contribution in [1.29, 1.82) is 0 Å². The maximum atomic E-state index is 13.8. The van der Waals surface area contributed by atoms with E-state index in [0.717, 1.165) is 0 Å². The van der Waals surface area contributed by atoms with Crippen LogP contribution in [0.15, 0.2) is 71.3 Å². The Balaban J connectivity index is 1.38. The van der Waals surface area contributed by atoms with Gasteiger partial charge in [-0.25, -0.2) is 4.39 Å². The molecule has 0 fully saturated rings. The van der Waals surface area contributed by atoms with Crippen LogP contribution in [0.3, 0.4) is 0 Å². The van der Waals surface area contributed by atoms with Crippen LogP contribution in [0.1, 0.15) is 21.9 Å². The molecule has 0 aliphatic heterocycles. The lowest BCUT2D eigenvalue weighted by molar-refractivity contribution is 0.0992. The molecule has 2 heterocycles. The average Bonchev–Trinajstić information content (AvgIpc) is 3.35. The fourth-order valence-corrected chi connectivity index (χ4v) is 3.20. The summed E-state index contributed by atoms with van der Waals surface area (Å²) in [5.74, 6) is 0.402. The quantitative estimate of drug-likeness (QED) is 0.379. The van der Waals surface area contributed by atoms with Gasteiger partial charge in [-0.3, -0.25) is 9.48 Å². The number of aromatic nitrogens is 2. The molecule has 0 aliphatic carbocycles. The van der Waals surface area contributed by atoms with Crippen molar-refractivity contribution in [2.45, 2.75) is 13.2 Å². The van der Waals surface area contributed by atoms with Crippen LogP contribution < -0.4 is 10.1 Å². The Hall–Kier alpha value is -3.29. The minimum Gasteiger partial charge on any atom is -0.486 e. The SMILES string of the molecule is O=C(Nc1nn(Cc2ccccc2F)cc1Cl)c1ccc(COc2cccc(Cl)c2)o1. The van der Waals surface area contributed by atoms with Gasteiger partial charge in [-0.05, 0) is 36.4 Å². The Morgan fingerprint density at radius 2 is 1.97 bits per heavy atom. The number of carbonyl (C=O) groups is 1. The van der Waals surface area contributed by atoms with Gasteiger partial charge in [0, 0.05) is 16.8 Å². The first kappa shape index (κ1) is 21.0. The number of furan rings is 1. The van der Waals surface area contributed by atoms with E-state index < -0.39 is 5.91 Å². The van der Waals surface area contributed by atoms with Crippen molar-refractivity contribution in [3.05, 3.63) is 99.8 Å². The van der Waals surface area contributed by atoms with Crippen molar-refractivity contribution in [2.75, 3.05) is 5.32 Å². The molecule has 0 unspecified atom stereocenters. The number of halogens is 3. The van der Waals surface area contributed by atoms with Crippen LogP contribution in [0.25, 0.3) is 0 Å². The summed E-state index contributed by atoms with van der Waals surface area (Å²) in [5, 5.41) is 7.58. The molecule has 4 aromatic rings. The van der Waals surface area contributed by atoms with Crippen LogP contribution in [-0.2, 0) is 13.2 Å². The topological polar surface area (TPSA) is 69.3 Å². The largest absolute Gasteiger partial charge is 0.486 e. The molecule has 4 rings (SSSR count). The highest BCUT2D eigenvalue weighted by Crippen LogP contribution is 2.22. The van der Waals surface area contributed by atoms with E-state index in [1.165, 1.54) is 23.0 Å². The molecule has 0 aliphatic rings. The predicted molar refractivity (Wildman–Crippen MR) is 115 cm³/mol. The van der Waals surface area contributed by atoms with Gasteiger partial charge in [-0.15, -0.1) is 0 Å². The first-order valence-corrected chi connectivity index (χ1v) is 9.98. The van der Waals surface area contributed by atoms with Crippen molar-refractivity contribution in [3.63, 3.8) is 0 Å². The lowest BCUT2D eigenvalue weighted by Crippen LogP contribution is -2.12. The molecule has 31 heavy (non-hydrogen) atoms. The molecule has 0 bridgehead atoms. The standard InChI is InChI=1S/C22H16Cl2FN3O3/c23-15-5-3-6-16(10-15)30-13-17-8-9-20(31-17)22(29)26-21-18(24)12-28(27-21)11-14-4-1-2-7-19(14)25/h1-10,12H,11,13H2,(H,26,27,29). The van der Waals surface area contributed by atoms with Crippen molar-refractivity contribution >= 4 is 34.9 Å². The number of anilines is 1. The van der Waals surface area contributed by atoms with E-state index in [1.54, 1.807) is 48.5 Å². The summed E-state index contributed by atoms with van der Waals surface area (Å²) in [7, 11) is 0. The third kappa shape index (κ3) is 5.25. The second-order valence-electron chi connectivity index (χ2n) is 6.58. The molecular weight excluding hydrogens is 444 g/mol. The van der Waals surface area contributed by atoms with E-state index in [1.807, 2.05) is 0 Å². The summed E-state index contributed by atoms with van der Waals surface area (Å²) in [4.78, 5) is 12.5. The Labute approximate surface area is 187 Å². The molecule has 0 saturated carbocycles. The molecule has 9 heteroatoms. The van der Waals surface area contributed by atoms with E-state index in [9.17, 15) is 9.18 Å². The van der Waals surface area contributed by atoms with Crippen molar-refractivity contribution in [1.82, 2.24) is 9.78 Å². The molecule has 0 spiro atoms. The summed E-state index contributed by atoms with van der Waals surface area (Å²) < 4.78 is 26.4. The van der Waals surface area contributed by atoms with Crippen molar-refractivity contribution < 1.29 is 18.3 Å². The van der Waals surface area contributed by atoms with E-state index >= 15 is 0 Å². The number of hydrogen-bond acceptors (Lipinski definition) is 4. The van der Waals surface area contributed by atoms with Crippen LogP contribution in [0.5, 0.6) is 5.75 Å². The van der Waals surface area contributed by atoms with E-state index in [2.05, 4.69) is 10.4 Å². The van der Waals surface area contributed by atoms with Crippen LogP contribution >= 0.6 is 23.2 Å². The van der Waals surface area contributed by atoms with Crippen LogP contribution in [0, 0.1) is 5.82 Å². The molecule has 0 saturated heterocycles. The lowest BCUT2D eigenvalue weighted by atomic mass is 10.2. The van der Waals surface area contributed by atoms with Gasteiger partial charge in [0.15, 0.2) is 11.6 Å². The normalized spacial score (nSPS) is 10.8. The maximum Gasteiger partial charge on any atom is 0.292 e. The first-order valence-electron chi connectivity index (χ1n) is 9.23. The predicted octanol–water partition coefficient (Wildman–Crippen LogP) is 5.80. The lowest BCUT2D eigenvalue weighted by Gasteiger charge is -2.04. The highest BCUT2D eigenvalue weighted by atomic mass is 35.5. The highest BCUT2D eigenvalue weighted by molar-refractivity contribution is 6.33. The Morgan fingerprint density at radius 3 is 2.77 bits per heavy atom. The van der Waals surface area contributed by atoms with Crippen molar-refractivity contribution in [2.24, 2.45) is 0 Å². The van der Waals surface area contributed by atoms with Gasteiger partial charge in [0.05, 0.1) is 6.54 Å². The van der Waals surface area contributed by atoms with Crippen LogP contribution in [0.2, 0.25) is 10.0 Å². The molecule has 158 valence electrons. The minimum absolute atomic E-state index is 0.0735. The zero-order chi connectivity index (χ0) is 21.8. The molecular formula is C22H16Cl2FN3O3. The summed E-state index contributed by atoms with van der Waals surface area (Å²) >= 11 is 12.1. The van der Waals surface area contributed by atoms with Gasteiger partial charge >= 0.3 is 0 Å². The fourth-order valence-electron chi connectivity index (χ4n) is 2.82. The molecule has 1 N–H and O–H groups in total. The molecule has 6 nitrogen and oxygen atoms in total. The number of nitrogens with one attached hydrogen (secondary N) is 1. The van der Waals surface area contributed by atoms with E-state index in [4.69, 9.17) is 32.4 Å². The Bertz CT molecular complexity index is 1220. The smallest absolute Gasteiger partial charge is 0.292 e. The second-order valence-corrected chi connectivity index (χ2v) is 7.42. The van der Waals surface area contributed by atoms with Crippen molar-refractivity contribution in [3.8, 4) is 5.75 Å². The summed E-state index contributed by atoms with van der Waals surface area (Å²) in [6.45, 7) is 0.305. The molecule has 2 aromatic carbocycles. The zero-order valence-corrected chi connectivity index (χ0v) is 17.5. The van der Waals surface area contributed by atoms with E-state index in [0.29, 0.717) is 22.1 Å². The number of amides is 1. The number of benzene rings is 2. The summed E-state index contributed by atoms with van der Waals surface area (Å²) in [5.41, 5.74) is 0.454. The van der Waals surface area contributed by atoms with Gasteiger partial charge in [0.1, 0.15) is 29.0 Å². The van der Waals surface area contributed by atoms with Gasteiger partial charge in [0.2, 0.25) is 0 Å². The number of carbonyl (C=O) groups excluding carboxylic acids is 1. The Kier molecular flexibility index (Phi) is 6.25. The maximum absolute atomic E-state index is 13.8. The average molecular weight is 460 g/mol. The molecule has 1 amide bonds. The summed E-state index contributed by atoms with van der Waals surface area (Å²) in [6.07, 6.45) is 1.51. The van der Waals surface area contributed by atoms with Gasteiger partial charge in [0.25, 0.3) is 5.91 Å². The minimum atomic E-state index is -0.521. The summed E-state index contributed by atoms with van der Waals surface area (Å²) in [6, 6.07) is 16.5. The second kappa shape index (κ2) is 9.24. The van der Waals surface area contributed by atoms with Gasteiger partial charge in [-0.2, -0.15) is 5.10 Å².